The molecule has 0 aliphatic carbocycles. The SMILES string of the molecule is Cc1ccc(Oc2cnc(CO)cn2)c(C)c1. The minimum atomic E-state index is -0.114. The fourth-order valence-corrected chi connectivity index (χ4v) is 1.50. The second-order valence-electron chi connectivity index (χ2n) is 3.88. The summed E-state index contributed by atoms with van der Waals surface area (Å²) in [4.78, 5) is 8.07. The molecule has 0 saturated carbocycles. The Labute approximate surface area is 99.9 Å². The summed E-state index contributed by atoms with van der Waals surface area (Å²) in [5.74, 6) is 1.19. The summed E-state index contributed by atoms with van der Waals surface area (Å²) in [6.45, 7) is 3.90. The molecule has 0 unspecified atom stereocenters. The van der Waals surface area contributed by atoms with E-state index in [4.69, 9.17) is 9.84 Å². The van der Waals surface area contributed by atoms with Crippen LogP contribution in [0.25, 0.3) is 0 Å². The summed E-state index contributed by atoms with van der Waals surface area (Å²) < 4.78 is 5.61. The summed E-state index contributed by atoms with van der Waals surface area (Å²) in [6, 6.07) is 5.94. The van der Waals surface area contributed by atoms with Crippen molar-refractivity contribution in [3.8, 4) is 11.6 Å². The first-order valence-corrected chi connectivity index (χ1v) is 5.36. The third-order valence-corrected chi connectivity index (χ3v) is 2.39. The van der Waals surface area contributed by atoms with Gasteiger partial charge in [0.25, 0.3) is 0 Å². The number of benzene rings is 1. The van der Waals surface area contributed by atoms with Gasteiger partial charge in [-0.2, -0.15) is 0 Å². The molecule has 17 heavy (non-hydrogen) atoms. The number of aliphatic hydroxyl groups excluding tert-OH is 1. The second-order valence-corrected chi connectivity index (χ2v) is 3.88. The maximum atomic E-state index is 8.85. The molecule has 0 fully saturated rings. The Morgan fingerprint density at radius 1 is 1.18 bits per heavy atom. The van der Waals surface area contributed by atoms with Crippen LogP contribution in [0.5, 0.6) is 11.6 Å². The number of rotatable bonds is 3. The van der Waals surface area contributed by atoms with Gasteiger partial charge in [0, 0.05) is 0 Å². The minimum absolute atomic E-state index is 0.114. The Morgan fingerprint density at radius 3 is 2.59 bits per heavy atom. The Kier molecular flexibility index (Phi) is 3.35. The Bertz CT molecular complexity index is 509. The molecular formula is C13H14N2O2. The molecule has 1 aromatic carbocycles. The number of aliphatic hydroxyl groups is 1. The van der Waals surface area contributed by atoms with E-state index in [9.17, 15) is 0 Å². The van der Waals surface area contributed by atoms with Crippen LogP contribution in [-0.2, 0) is 6.61 Å². The van der Waals surface area contributed by atoms with Gasteiger partial charge < -0.3 is 9.84 Å². The zero-order chi connectivity index (χ0) is 12.3. The van der Waals surface area contributed by atoms with E-state index in [1.165, 1.54) is 18.0 Å². The van der Waals surface area contributed by atoms with Crippen LogP contribution >= 0.6 is 0 Å². The highest BCUT2D eigenvalue weighted by Gasteiger charge is 2.03. The van der Waals surface area contributed by atoms with E-state index in [0.717, 1.165) is 11.3 Å². The standard InChI is InChI=1S/C13H14N2O2/c1-9-3-4-12(10(2)5-9)17-13-7-14-11(8-16)6-15-13/h3-7,16H,8H2,1-2H3. The van der Waals surface area contributed by atoms with Gasteiger partial charge in [0.05, 0.1) is 24.7 Å². The van der Waals surface area contributed by atoms with Crippen LogP contribution in [0.15, 0.2) is 30.6 Å². The van der Waals surface area contributed by atoms with Crippen LogP contribution in [0.2, 0.25) is 0 Å². The highest BCUT2D eigenvalue weighted by Crippen LogP contribution is 2.23. The fraction of sp³-hybridized carbons (Fsp3) is 0.231. The number of ether oxygens (including phenoxy) is 1. The summed E-state index contributed by atoms with van der Waals surface area (Å²) >= 11 is 0. The second kappa shape index (κ2) is 4.93. The van der Waals surface area contributed by atoms with Gasteiger partial charge in [0.2, 0.25) is 5.88 Å². The van der Waals surface area contributed by atoms with Crippen molar-refractivity contribution in [2.24, 2.45) is 0 Å². The van der Waals surface area contributed by atoms with E-state index in [-0.39, 0.29) is 6.61 Å². The Hall–Kier alpha value is -1.94. The number of aryl methyl sites for hydroxylation is 2. The van der Waals surface area contributed by atoms with Gasteiger partial charge in [0.1, 0.15) is 5.75 Å². The number of hydrogen-bond acceptors (Lipinski definition) is 4. The van der Waals surface area contributed by atoms with E-state index in [1.807, 2.05) is 32.0 Å². The molecule has 0 amide bonds. The van der Waals surface area contributed by atoms with Gasteiger partial charge in [-0.15, -0.1) is 0 Å². The smallest absolute Gasteiger partial charge is 0.237 e. The first-order chi connectivity index (χ1) is 8.19. The lowest BCUT2D eigenvalue weighted by molar-refractivity contribution is 0.276. The molecule has 0 spiro atoms. The lowest BCUT2D eigenvalue weighted by Crippen LogP contribution is -1.95. The van der Waals surface area contributed by atoms with Crippen molar-refractivity contribution in [2.45, 2.75) is 20.5 Å². The number of nitrogens with zero attached hydrogens (tertiary/aromatic N) is 2. The molecule has 1 N–H and O–H groups in total. The molecule has 1 heterocycles. The first kappa shape index (κ1) is 11.5. The lowest BCUT2D eigenvalue weighted by Gasteiger charge is -2.08. The third-order valence-electron chi connectivity index (χ3n) is 2.39. The summed E-state index contributed by atoms with van der Waals surface area (Å²) in [5, 5.41) is 8.85. The molecule has 88 valence electrons. The highest BCUT2D eigenvalue weighted by molar-refractivity contribution is 5.37. The van der Waals surface area contributed by atoms with Crippen LogP contribution in [0.1, 0.15) is 16.8 Å². The molecule has 4 heteroatoms. The van der Waals surface area contributed by atoms with Crippen LogP contribution in [0, 0.1) is 13.8 Å². The van der Waals surface area contributed by atoms with Crippen molar-refractivity contribution in [2.75, 3.05) is 0 Å². The van der Waals surface area contributed by atoms with Gasteiger partial charge in [-0.05, 0) is 25.5 Å². The van der Waals surface area contributed by atoms with Gasteiger partial charge in [0.15, 0.2) is 0 Å². The van der Waals surface area contributed by atoms with Crippen molar-refractivity contribution in [3.63, 3.8) is 0 Å². The molecule has 0 aliphatic rings. The molecule has 2 rings (SSSR count). The van der Waals surface area contributed by atoms with E-state index in [0.29, 0.717) is 11.6 Å². The molecule has 0 bridgehead atoms. The minimum Gasteiger partial charge on any atom is -0.437 e. The zero-order valence-electron chi connectivity index (χ0n) is 9.84. The monoisotopic (exact) mass is 230 g/mol. The largest absolute Gasteiger partial charge is 0.437 e. The zero-order valence-corrected chi connectivity index (χ0v) is 9.84. The average molecular weight is 230 g/mol. The van der Waals surface area contributed by atoms with Crippen LogP contribution < -0.4 is 4.74 Å². The van der Waals surface area contributed by atoms with E-state index in [2.05, 4.69) is 9.97 Å². The molecule has 1 aromatic heterocycles. The highest BCUT2D eigenvalue weighted by atomic mass is 16.5. The molecular weight excluding hydrogens is 216 g/mol. The predicted molar refractivity (Wildman–Crippen MR) is 63.9 cm³/mol. The van der Waals surface area contributed by atoms with Crippen LogP contribution in [0.4, 0.5) is 0 Å². The van der Waals surface area contributed by atoms with Crippen molar-refractivity contribution in [1.82, 2.24) is 9.97 Å². The molecule has 0 atom stereocenters. The maximum Gasteiger partial charge on any atom is 0.237 e. The topological polar surface area (TPSA) is 55.2 Å². The quantitative estimate of drug-likeness (QED) is 0.879. The fourth-order valence-electron chi connectivity index (χ4n) is 1.50. The van der Waals surface area contributed by atoms with Crippen molar-refractivity contribution in [1.29, 1.82) is 0 Å². The van der Waals surface area contributed by atoms with Gasteiger partial charge >= 0.3 is 0 Å². The average Bonchev–Trinajstić information content (AvgIpc) is 2.34. The molecule has 4 nitrogen and oxygen atoms in total. The Morgan fingerprint density at radius 2 is 2.00 bits per heavy atom. The van der Waals surface area contributed by atoms with Crippen molar-refractivity contribution < 1.29 is 9.84 Å². The lowest BCUT2D eigenvalue weighted by atomic mass is 10.1. The van der Waals surface area contributed by atoms with Crippen LogP contribution in [0.3, 0.4) is 0 Å². The first-order valence-electron chi connectivity index (χ1n) is 5.36. The van der Waals surface area contributed by atoms with Gasteiger partial charge in [-0.3, -0.25) is 4.98 Å². The van der Waals surface area contributed by atoms with E-state index < -0.39 is 0 Å². The van der Waals surface area contributed by atoms with Crippen LogP contribution in [-0.4, -0.2) is 15.1 Å². The molecule has 0 saturated heterocycles. The van der Waals surface area contributed by atoms with E-state index in [1.54, 1.807) is 0 Å². The molecule has 0 radical (unpaired) electrons. The summed E-state index contributed by atoms with van der Waals surface area (Å²) in [6.07, 6.45) is 3.00. The van der Waals surface area contributed by atoms with Crippen molar-refractivity contribution in [3.05, 3.63) is 47.4 Å². The maximum absolute atomic E-state index is 8.85. The Balaban J connectivity index is 2.19. The molecule has 0 aliphatic heterocycles. The van der Waals surface area contributed by atoms with Crippen molar-refractivity contribution >= 4 is 0 Å². The van der Waals surface area contributed by atoms with E-state index >= 15 is 0 Å². The summed E-state index contributed by atoms with van der Waals surface area (Å²) in [7, 11) is 0. The number of hydrogen-bond donors (Lipinski definition) is 1. The van der Waals surface area contributed by atoms with Gasteiger partial charge in [-0.1, -0.05) is 17.7 Å². The third kappa shape index (κ3) is 2.79. The number of aromatic nitrogens is 2. The normalized spacial score (nSPS) is 10.3. The summed E-state index contributed by atoms with van der Waals surface area (Å²) in [5.41, 5.74) is 2.77. The molecule has 2 aromatic rings. The van der Waals surface area contributed by atoms with Gasteiger partial charge in [-0.25, -0.2) is 4.98 Å². The predicted octanol–water partition coefficient (Wildman–Crippen LogP) is 2.38.